The Hall–Kier alpha value is -1.18. The van der Waals surface area contributed by atoms with Crippen LogP contribution in [0.15, 0.2) is 18.2 Å². The zero-order chi connectivity index (χ0) is 10.3. The molecule has 1 aliphatic heterocycles. The van der Waals surface area contributed by atoms with Crippen molar-refractivity contribution in [3.8, 4) is 5.75 Å². The lowest BCUT2D eigenvalue weighted by molar-refractivity contribution is 0.248. The second-order valence-corrected chi connectivity index (χ2v) is 5.07. The summed E-state index contributed by atoms with van der Waals surface area (Å²) < 4.78 is 5.91. The van der Waals surface area contributed by atoms with Gasteiger partial charge in [0.2, 0.25) is 0 Å². The predicted molar refractivity (Wildman–Crippen MR) is 61.5 cm³/mol. The molecule has 1 saturated carbocycles. The Kier molecular flexibility index (Phi) is 1.91. The van der Waals surface area contributed by atoms with Gasteiger partial charge < -0.3 is 10.1 Å². The normalized spacial score (nSPS) is 20.6. The van der Waals surface area contributed by atoms with Crippen LogP contribution in [0.3, 0.4) is 0 Å². The van der Waals surface area contributed by atoms with Crippen molar-refractivity contribution in [2.24, 2.45) is 5.41 Å². The Morgan fingerprint density at radius 3 is 3.07 bits per heavy atom. The molecule has 0 atom stereocenters. The number of hydrogen-bond donors (Lipinski definition) is 1. The number of para-hydroxylation sites is 1. The second-order valence-electron chi connectivity index (χ2n) is 5.07. The van der Waals surface area contributed by atoms with Crippen LogP contribution in [-0.4, -0.2) is 13.2 Å². The molecular formula is C13H17NO. The fourth-order valence-electron chi connectivity index (χ4n) is 2.04. The van der Waals surface area contributed by atoms with Gasteiger partial charge in [-0.05, 0) is 30.9 Å². The van der Waals surface area contributed by atoms with Crippen molar-refractivity contribution in [1.82, 2.24) is 0 Å². The highest BCUT2D eigenvalue weighted by atomic mass is 16.5. The van der Waals surface area contributed by atoms with Gasteiger partial charge in [0, 0.05) is 12.0 Å². The van der Waals surface area contributed by atoms with Gasteiger partial charge in [0.15, 0.2) is 0 Å². The molecule has 0 radical (unpaired) electrons. The van der Waals surface area contributed by atoms with Crippen molar-refractivity contribution in [3.63, 3.8) is 0 Å². The van der Waals surface area contributed by atoms with Crippen LogP contribution in [0.2, 0.25) is 0 Å². The smallest absolute Gasteiger partial charge is 0.142 e. The van der Waals surface area contributed by atoms with Crippen molar-refractivity contribution >= 4 is 5.69 Å². The van der Waals surface area contributed by atoms with Gasteiger partial charge in [0.05, 0.1) is 12.3 Å². The SMILES string of the molecule is CC1(COc2cccc3c2NCC3)CC1. The molecule has 1 N–H and O–H groups in total. The first-order valence-corrected chi connectivity index (χ1v) is 5.75. The molecule has 0 aromatic heterocycles. The first-order valence-electron chi connectivity index (χ1n) is 5.75. The number of fused-ring (bicyclic) bond motifs is 1. The summed E-state index contributed by atoms with van der Waals surface area (Å²) in [6.07, 6.45) is 3.76. The van der Waals surface area contributed by atoms with Gasteiger partial charge in [-0.2, -0.15) is 0 Å². The number of hydrogen-bond acceptors (Lipinski definition) is 2. The largest absolute Gasteiger partial charge is 0.491 e. The summed E-state index contributed by atoms with van der Waals surface area (Å²) in [5.41, 5.74) is 3.08. The number of benzene rings is 1. The molecule has 80 valence electrons. The van der Waals surface area contributed by atoms with Crippen LogP contribution < -0.4 is 10.1 Å². The molecule has 2 heteroatoms. The van der Waals surface area contributed by atoms with Gasteiger partial charge in [-0.3, -0.25) is 0 Å². The summed E-state index contributed by atoms with van der Waals surface area (Å²) in [5.74, 6) is 1.04. The van der Waals surface area contributed by atoms with Gasteiger partial charge in [-0.15, -0.1) is 0 Å². The van der Waals surface area contributed by atoms with E-state index in [1.807, 2.05) is 0 Å². The number of ether oxygens (including phenoxy) is 1. The lowest BCUT2D eigenvalue weighted by Gasteiger charge is -2.14. The van der Waals surface area contributed by atoms with Crippen molar-refractivity contribution in [2.75, 3.05) is 18.5 Å². The monoisotopic (exact) mass is 203 g/mol. The van der Waals surface area contributed by atoms with Gasteiger partial charge >= 0.3 is 0 Å². The summed E-state index contributed by atoms with van der Waals surface area (Å²) in [6, 6.07) is 6.35. The van der Waals surface area contributed by atoms with Crippen LogP contribution in [0.4, 0.5) is 5.69 Å². The molecule has 1 fully saturated rings. The minimum Gasteiger partial charge on any atom is -0.491 e. The number of rotatable bonds is 3. The summed E-state index contributed by atoms with van der Waals surface area (Å²) >= 11 is 0. The Balaban J connectivity index is 1.77. The molecule has 0 amide bonds. The predicted octanol–water partition coefficient (Wildman–Crippen LogP) is 2.83. The van der Waals surface area contributed by atoms with Crippen LogP contribution in [0, 0.1) is 5.41 Å². The third-order valence-corrected chi connectivity index (χ3v) is 3.49. The first-order chi connectivity index (χ1) is 7.27. The maximum atomic E-state index is 5.91. The molecule has 0 spiro atoms. The molecule has 2 aliphatic rings. The maximum absolute atomic E-state index is 5.91. The zero-order valence-electron chi connectivity index (χ0n) is 9.18. The van der Waals surface area contributed by atoms with E-state index in [1.54, 1.807) is 0 Å². The second kappa shape index (κ2) is 3.16. The van der Waals surface area contributed by atoms with E-state index >= 15 is 0 Å². The lowest BCUT2D eigenvalue weighted by Crippen LogP contribution is -2.09. The van der Waals surface area contributed by atoms with Crippen molar-refractivity contribution in [2.45, 2.75) is 26.2 Å². The van der Waals surface area contributed by atoms with Gasteiger partial charge in [0.1, 0.15) is 5.75 Å². The van der Waals surface area contributed by atoms with E-state index in [-0.39, 0.29) is 0 Å². The minimum atomic E-state index is 0.460. The molecule has 1 aliphatic carbocycles. The molecule has 0 saturated heterocycles. The molecule has 0 unspecified atom stereocenters. The maximum Gasteiger partial charge on any atom is 0.142 e. The van der Waals surface area contributed by atoms with Crippen LogP contribution in [0.5, 0.6) is 5.75 Å². The Bertz CT molecular complexity index is 382. The quantitative estimate of drug-likeness (QED) is 0.815. The van der Waals surface area contributed by atoms with E-state index in [0.717, 1.165) is 25.3 Å². The van der Waals surface area contributed by atoms with Crippen molar-refractivity contribution in [3.05, 3.63) is 23.8 Å². The van der Waals surface area contributed by atoms with Crippen molar-refractivity contribution < 1.29 is 4.74 Å². The van der Waals surface area contributed by atoms with Crippen LogP contribution in [0.25, 0.3) is 0 Å². The third-order valence-electron chi connectivity index (χ3n) is 3.49. The van der Waals surface area contributed by atoms with E-state index in [1.165, 1.54) is 24.1 Å². The van der Waals surface area contributed by atoms with Gasteiger partial charge in [0.25, 0.3) is 0 Å². The van der Waals surface area contributed by atoms with Gasteiger partial charge in [-0.25, -0.2) is 0 Å². The molecule has 1 aromatic rings. The first kappa shape index (κ1) is 9.08. The fraction of sp³-hybridized carbons (Fsp3) is 0.538. The fourth-order valence-corrected chi connectivity index (χ4v) is 2.04. The summed E-state index contributed by atoms with van der Waals surface area (Å²) in [4.78, 5) is 0. The molecular weight excluding hydrogens is 186 g/mol. The van der Waals surface area contributed by atoms with E-state index in [2.05, 4.69) is 30.4 Å². The van der Waals surface area contributed by atoms with Gasteiger partial charge in [-0.1, -0.05) is 19.1 Å². The standard InChI is InChI=1S/C13H17NO/c1-13(6-7-13)9-15-11-4-2-3-10-5-8-14-12(10)11/h2-4,14H,5-9H2,1H3. The number of nitrogens with one attached hydrogen (secondary N) is 1. The van der Waals surface area contributed by atoms with Crippen molar-refractivity contribution in [1.29, 1.82) is 0 Å². The minimum absolute atomic E-state index is 0.460. The highest BCUT2D eigenvalue weighted by molar-refractivity contribution is 5.65. The lowest BCUT2D eigenvalue weighted by atomic mass is 10.1. The van der Waals surface area contributed by atoms with Crippen LogP contribution in [0.1, 0.15) is 25.3 Å². The topological polar surface area (TPSA) is 21.3 Å². The highest BCUT2D eigenvalue weighted by Crippen LogP contribution is 2.45. The Labute approximate surface area is 90.6 Å². The van der Waals surface area contributed by atoms with E-state index in [9.17, 15) is 0 Å². The molecule has 1 aromatic carbocycles. The molecule has 2 nitrogen and oxygen atoms in total. The number of anilines is 1. The average molecular weight is 203 g/mol. The van der Waals surface area contributed by atoms with Crippen LogP contribution >= 0.6 is 0 Å². The molecule has 1 heterocycles. The van der Waals surface area contributed by atoms with E-state index < -0.39 is 0 Å². The summed E-state index contributed by atoms with van der Waals surface area (Å²) in [5, 5.41) is 3.40. The summed E-state index contributed by atoms with van der Waals surface area (Å²) in [7, 11) is 0. The highest BCUT2D eigenvalue weighted by Gasteiger charge is 2.38. The third kappa shape index (κ3) is 1.69. The van der Waals surface area contributed by atoms with E-state index in [4.69, 9.17) is 4.74 Å². The molecule has 3 rings (SSSR count). The average Bonchev–Trinajstić information content (AvgIpc) is 2.80. The Morgan fingerprint density at radius 2 is 2.27 bits per heavy atom. The molecule has 0 bridgehead atoms. The van der Waals surface area contributed by atoms with E-state index in [0.29, 0.717) is 5.41 Å². The zero-order valence-corrected chi connectivity index (χ0v) is 9.18. The molecule has 15 heavy (non-hydrogen) atoms. The summed E-state index contributed by atoms with van der Waals surface area (Å²) in [6.45, 7) is 4.21. The van der Waals surface area contributed by atoms with Crippen LogP contribution in [-0.2, 0) is 6.42 Å². The Morgan fingerprint density at radius 1 is 1.40 bits per heavy atom.